The van der Waals surface area contributed by atoms with Crippen LogP contribution < -0.4 is 5.56 Å². The Bertz CT molecular complexity index is 903. The molecule has 1 amide bonds. The van der Waals surface area contributed by atoms with Crippen LogP contribution in [0.4, 0.5) is 4.39 Å². The molecule has 1 aliphatic carbocycles. The van der Waals surface area contributed by atoms with Crippen LogP contribution in [-0.4, -0.2) is 27.3 Å². The zero-order valence-electron chi connectivity index (χ0n) is 15.3. The van der Waals surface area contributed by atoms with Crippen LogP contribution in [0.1, 0.15) is 54.7 Å². The lowest BCUT2D eigenvalue weighted by Crippen LogP contribution is -2.43. The monoisotopic (exact) mass is 369 g/mol. The van der Waals surface area contributed by atoms with Crippen LogP contribution in [0.2, 0.25) is 0 Å². The molecule has 1 aromatic carbocycles. The fraction of sp³-hybridized carbons (Fsp3) is 0.476. The van der Waals surface area contributed by atoms with Crippen LogP contribution in [0.15, 0.2) is 29.1 Å². The van der Waals surface area contributed by atoms with Crippen LogP contribution in [0, 0.1) is 11.7 Å². The van der Waals surface area contributed by atoms with Crippen LogP contribution in [0.5, 0.6) is 0 Å². The van der Waals surface area contributed by atoms with Crippen LogP contribution in [0.3, 0.4) is 0 Å². The highest BCUT2D eigenvalue weighted by Gasteiger charge is 2.30. The van der Waals surface area contributed by atoms with Crippen molar-refractivity contribution in [1.29, 1.82) is 0 Å². The van der Waals surface area contributed by atoms with Gasteiger partial charge in [-0.1, -0.05) is 31.4 Å². The number of H-pyrrole nitrogens is 1. The van der Waals surface area contributed by atoms with Crippen molar-refractivity contribution in [1.82, 2.24) is 14.9 Å². The van der Waals surface area contributed by atoms with E-state index in [0.717, 1.165) is 36.9 Å². The van der Waals surface area contributed by atoms with Gasteiger partial charge >= 0.3 is 0 Å². The van der Waals surface area contributed by atoms with Crippen molar-refractivity contribution in [3.05, 3.63) is 63.1 Å². The molecular weight excluding hydrogens is 345 g/mol. The normalized spacial score (nSPS) is 17.6. The first kappa shape index (κ1) is 17.9. The molecule has 2 aromatic rings. The molecule has 1 N–H and O–H groups in total. The molecule has 1 fully saturated rings. The second kappa shape index (κ2) is 7.62. The average molecular weight is 369 g/mol. The van der Waals surface area contributed by atoms with E-state index >= 15 is 0 Å². The molecule has 6 heteroatoms. The maximum Gasteiger partial charge on any atom is 0.256 e. The number of carbonyl (C=O) groups excluding carboxylic acids is 1. The Labute approximate surface area is 157 Å². The van der Waals surface area contributed by atoms with Crippen molar-refractivity contribution in [2.75, 3.05) is 6.54 Å². The quantitative estimate of drug-likeness (QED) is 0.905. The molecule has 1 saturated carbocycles. The fourth-order valence-corrected chi connectivity index (χ4v) is 4.20. The van der Waals surface area contributed by atoms with Gasteiger partial charge in [0, 0.05) is 25.3 Å². The Hall–Kier alpha value is -2.50. The van der Waals surface area contributed by atoms with Crippen LogP contribution in [-0.2, 0) is 24.2 Å². The third-order valence-corrected chi connectivity index (χ3v) is 5.64. The summed E-state index contributed by atoms with van der Waals surface area (Å²) in [4.78, 5) is 34.6. The molecule has 0 atom stereocenters. The molecule has 0 bridgehead atoms. The summed E-state index contributed by atoms with van der Waals surface area (Å²) in [5, 5.41) is 0. The molecule has 0 unspecified atom stereocenters. The number of nitrogens with zero attached hydrogens (tertiary/aromatic N) is 2. The highest BCUT2D eigenvalue weighted by molar-refractivity contribution is 5.79. The maximum atomic E-state index is 13.4. The van der Waals surface area contributed by atoms with Gasteiger partial charge in [-0.2, -0.15) is 0 Å². The summed E-state index contributed by atoms with van der Waals surface area (Å²) in [5.74, 6) is 0.532. The number of aromatic amines is 1. The van der Waals surface area contributed by atoms with Crippen LogP contribution in [0.25, 0.3) is 0 Å². The molecule has 5 nitrogen and oxygen atoms in total. The second-order valence-corrected chi connectivity index (χ2v) is 7.59. The first-order chi connectivity index (χ1) is 13.1. The summed E-state index contributed by atoms with van der Waals surface area (Å²) in [5.41, 5.74) is 1.93. The zero-order valence-corrected chi connectivity index (χ0v) is 15.3. The van der Waals surface area contributed by atoms with Crippen molar-refractivity contribution in [2.45, 2.75) is 51.5 Å². The number of carbonyl (C=O) groups is 1. The Morgan fingerprint density at radius 2 is 2.07 bits per heavy atom. The summed E-state index contributed by atoms with van der Waals surface area (Å²) in [6, 6.07) is 6.30. The van der Waals surface area contributed by atoms with Gasteiger partial charge in [0.05, 0.1) is 17.8 Å². The van der Waals surface area contributed by atoms with Gasteiger partial charge in [-0.25, -0.2) is 9.37 Å². The van der Waals surface area contributed by atoms with E-state index in [9.17, 15) is 14.0 Å². The minimum Gasteiger partial charge on any atom is -0.337 e. The standard InChI is InChI=1S/C21H24FN3O2/c22-16-8-4-5-14(11-16)12-19-23-18-9-10-25(13-17(18)20(26)24-19)21(27)15-6-2-1-3-7-15/h4-5,8,11,15H,1-3,6-7,9-10,12-13H2,(H,23,24,26). The van der Waals surface area contributed by atoms with E-state index in [1.54, 1.807) is 6.07 Å². The Balaban J connectivity index is 1.51. The minimum absolute atomic E-state index is 0.111. The lowest BCUT2D eigenvalue weighted by atomic mass is 9.88. The third-order valence-electron chi connectivity index (χ3n) is 5.64. The van der Waals surface area contributed by atoms with Crippen molar-refractivity contribution in [2.24, 2.45) is 5.92 Å². The molecule has 0 radical (unpaired) electrons. The molecule has 1 aromatic heterocycles. The number of benzene rings is 1. The van der Waals surface area contributed by atoms with Gasteiger partial charge < -0.3 is 9.88 Å². The third kappa shape index (κ3) is 3.94. The van der Waals surface area contributed by atoms with E-state index in [-0.39, 0.29) is 23.2 Å². The predicted octanol–water partition coefficient (Wildman–Crippen LogP) is 2.96. The van der Waals surface area contributed by atoms with Gasteiger partial charge in [0.2, 0.25) is 5.91 Å². The minimum atomic E-state index is -0.301. The zero-order chi connectivity index (χ0) is 18.8. The highest BCUT2D eigenvalue weighted by Crippen LogP contribution is 2.27. The summed E-state index contributed by atoms with van der Waals surface area (Å²) >= 11 is 0. The summed E-state index contributed by atoms with van der Waals surface area (Å²) in [7, 11) is 0. The first-order valence-corrected chi connectivity index (χ1v) is 9.74. The molecular formula is C21H24FN3O2. The number of aromatic nitrogens is 2. The van der Waals surface area contributed by atoms with Gasteiger partial charge in [-0.3, -0.25) is 9.59 Å². The SMILES string of the molecule is O=C(C1CCCCC1)N1CCc2nc(Cc3cccc(F)c3)[nH]c(=O)c2C1. The van der Waals surface area contributed by atoms with Gasteiger partial charge in [-0.05, 0) is 30.5 Å². The number of halogens is 1. The maximum absolute atomic E-state index is 13.4. The molecule has 0 saturated heterocycles. The average Bonchev–Trinajstić information content (AvgIpc) is 2.68. The number of hydrogen-bond acceptors (Lipinski definition) is 3. The number of hydrogen-bond donors (Lipinski definition) is 1. The Kier molecular flexibility index (Phi) is 5.05. The fourth-order valence-electron chi connectivity index (χ4n) is 4.20. The van der Waals surface area contributed by atoms with E-state index < -0.39 is 0 Å². The summed E-state index contributed by atoms with van der Waals surface area (Å²) in [6.45, 7) is 0.950. The Morgan fingerprint density at radius 3 is 2.85 bits per heavy atom. The van der Waals surface area contributed by atoms with E-state index in [1.165, 1.54) is 18.6 Å². The van der Waals surface area contributed by atoms with E-state index in [1.807, 2.05) is 11.0 Å². The summed E-state index contributed by atoms with van der Waals surface area (Å²) in [6.07, 6.45) is 6.34. The second-order valence-electron chi connectivity index (χ2n) is 7.59. The molecule has 1 aliphatic heterocycles. The molecule has 4 rings (SSSR count). The van der Waals surface area contributed by atoms with Crippen molar-refractivity contribution >= 4 is 5.91 Å². The number of fused-ring (bicyclic) bond motifs is 1. The largest absolute Gasteiger partial charge is 0.337 e. The van der Waals surface area contributed by atoms with Gasteiger partial charge in [0.25, 0.3) is 5.56 Å². The number of nitrogens with one attached hydrogen (secondary N) is 1. The van der Waals surface area contributed by atoms with Gasteiger partial charge in [0.15, 0.2) is 0 Å². The molecule has 142 valence electrons. The lowest BCUT2D eigenvalue weighted by molar-refractivity contribution is -0.137. The van der Waals surface area contributed by atoms with Crippen molar-refractivity contribution in [3.8, 4) is 0 Å². The molecule has 2 aliphatic rings. The highest BCUT2D eigenvalue weighted by atomic mass is 19.1. The van der Waals surface area contributed by atoms with Crippen LogP contribution >= 0.6 is 0 Å². The van der Waals surface area contributed by atoms with Crippen molar-refractivity contribution in [3.63, 3.8) is 0 Å². The number of amides is 1. The topological polar surface area (TPSA) is 66.1 Å². The summed E-state index contributed by atoms with van der Waals surface area (Å²) < 4.78 is 13.4. The van der Waals surface area contributed by atoms with Gasteiger partial charge in [-0.15, -0.1) is 0 Å². The van der Waals surface area contributed by atoms with Gasteiger partial charge in [0.1, 0.15) is 11.6 Å². The molecule has 0 spiro atoms. The Morgan fingerprint density at radius 1 is 1.26 bits per heavy atom. The first-order valence-electron chi connectivity index (χ1n) is 9.74. The predicted molar refractivity (Wildman–Crippen MR) is 99.8 cm³/mol. The smallest absolute Gasteiger partial charge is 0.256 e. The van der Waals surface area contributed by atoms with Crippen molar-refractivity contribution < 1.29 is 9.18 Å². The lowest BCUT2D eigenvalue weighted by Gasteiger charge is -2.32. The molecule has 2 heterocycles. The van der Waals surface area contributed by atoms with E-state index in [0.29, 0.717) is 37.3 Å². The molecule has 27 heavy (non-hydrogen) atoms. The number of rotatable bonds is 3. The van der Waals surface area contributed by atoms with E-state index in [2.05, 4.69) is 9.97 Å². The van der Waals surface area contributed by atoms with E-state index in [4.69, 9.17) is 0 Å².